The average molecular weight is 486 g/mol. The Hall–Kier alpha value is -2.48. The van der Waals surface area contributed by atoms with E-state index in [-0.39, 0.29) is 22.8 Å². The van der Waals surface area contributed by atoms with Crippen LogP contribution in [0.25, 0.3) is 10.9 Å². The summed E-state index contributed by atoms with van der Waals surface area (Å²) in [6, 6.07) is 3.69. The van der Waals surface area contributed by atoms with Crippen molar-refractivity contribution in [3.8, 4) is 11.5 Å². The maximum Gasteiger partial charge on any atom is 0.262 e. The topological polar surface area (TPSA) is 82.5 Å². The fraction of sp³-hybridized carbons (Fsp3) is 0.577. The van der Waals surface area contributed by atoms with Crippen molar-refractivity contribution >= 4 is 28.6 Å². The molecule has 2 aliphatic rings. The normalized spacial score (nSPS) is 17.4. The van der Waals surface area contributed by atoms with Crippen LogP contribution in [0.2, 0.25) is 0 Å². The Bertz CT molecular complexity index is 1120. The molecule has 4 rings (SSSR count). The smallest absolute Gasteiger partial charge is 0.262 e. The molecular formula is C26H35N3O4S. The Morgan fingerprint density at radius 1 is 1.18 bits per heavy atom. The highest BCUT2D eigenvalue weighted by Crippen LogP contribution is 2.32. The molecule has 1 amide bonds. The van der Waals surface area contributed by atoms with E-state index < -0.39 is 0 Å². The molecule has 184 valence electrons. The summed E-state index contributed by atoms with van der Waals surface area (Å²) in [6.07, 6.45) is 12.2. The van der Waals surface area contributed by atoms with Gasteiger partial charge < -0.3 is 14.8 Å². The van der Waals surface area contributed by atoms with Crippen molar-refractivity contribution in [1.82, 2.24) is 14.9 Å². The van der Waals surface area contributed by atoms with Crippen molar-refractivity contribution in [3.63, 3.8) is 0 Å². The number of ether oxygens (including phenoxy) is 2. The van der Waals surface area contributed by atoms with Crippen LogP contribution in [0, 0.1) is 0 Å². The Kier molecular flexibility index (Phi) is 8.19. The quantitative estimate of drug-likeness (QED) is 0.311. The zero-order valence-electron chi connectivity index (χ0n) is 20.4. The van der Waals surface area contributed by atoms with Gasteiger partial charge in [-0.15, -0.1) is 0 Å². The highest BCUT2D eigenvalue weighted by atomic mass is 32.2. The zero-order valence-corrected chi connectivity index (χ0v) is 21.2. The highest BCUT2D eigenvalue weighted by molar-refractivity contribution is 8.00. The van der Waals surface area contributed by atoms with Crippen molar-refractivity contribution in [2.24, 2.45) is 0 Å². The first-order valence-electron chi connectivity index (χ1n) is 12.3. The molecule has 0 radical (unpaired) electrons. The number of benzene rings is 1. The van der Waals surface area contributed by atoms with Crippen LogP contribution in [0.15, 0.2) is 33.7 Å². The lowest BCUT2D eigenvalue weighted by Gasteiger charge is -2.20. The fourth-order valence-corrected chi connectivity index (χ4v) is 5.75. The molecule has 7 nitrogen and oxygen atoms in total. The number of allylic oxidation sites excluding steroid dienone is 2. The van der Waals surface area contributed by atoms with Crippen LogP contribution in [-0.2, 0) is 11.3 Å². The van der Waals surface area contributed by atoms with Crippen LogP contribution in [0.1, 0.15) is 64.7 Å². The molecule has 1 aromatic carbocycles. The number of methoxy groups -OCH3 is 2. The minimum absolute atomic E-state index is 0.0000891. The Morgan fingerprint density at radius 3 is 2.59 bits per heavy atom. The van der Waals surface area contributed by atoms with E-state index in [1.165, 1.54) is 43.0 Å². The number of rotatable bonds is 9. The van der Waals surface area contributed by atoms with E-state index in [2.05, 4.69) is 11.4 Å². The van der Waals surface area contributed by atoms with Crippen LogP contribution in [0.4, 0.5) is 0 Å². The molecule has 1 saturated carbocycles. The average Bonchev–Trinajstić information content (AvgIpc) is 3.36. The third kappa shape index (κ3) is 5.59. The van der Waals surface area contributed by atoms with Gasteiger partial charge in [-0.2, -0.15) is 0 Å². The van der Waals surface area contributed by atoms with Crippen LogP contribution in [0.5, 0.6) is 11.5 Å². The summed E-state index contributed by atoms with van der Waals surface area (Å²) < 4.78 is 12.6. The van der Waals surface area contributed by atoms with Gasteiger partial charge in [0.25, 0.3) is 5.56 Å². The van der Waals surface area contributed by atoms with E-state index in [0.29, 0.717) is 34.1 Å². The Morgan fingerprint density at radius 2 is 1.91 bits per heavy atom. The molecule has 2 aliphatic carbocycles. The number of nitrogens with one attached hydrogen (secondary N) is 1. The van der Waals surface area contributed by atoms with E-state index in [1.807, 2.05) is 6.92 Å². The maximum atomic E-state index is 13.6. The van der Waals surface area contributed by atoms with Gasteiger partial charge in [-0.05, 0) is 57.9 Å². The second-order valence-electron chi connectivity index (χ2n) is 9.18. The van der Waals surface area contributed by atoms with Crippen molar-refractivity contribution in [2.75, 3.05) is 14.2 Å². The molecular weight excluding hydrogens is 450 g/mol. The minimum Gasteiger partial charge on any atom is -0.493 e. The largest absolute Gasteiger partial charge is 0.493 e. The second kappa shape index (κ2) is 11.3. The number of carbonyl (C=O) groups excluding carboxylic acids is 1. The first-order valence-corrected chi connectivity index (χ1v) is 13.2. The number of hydrogen-bond acceptors (Lipinski definition) is 6. The number of carbonyl (C=O) groups is 1. The summed E-state index contributed by atoms with van der Waals surface area (Å²) in [5.41, 5.74) is 1.82. The Labute approximate surface area is 205 Å². The van der Waals surface area contributed by atoms with E-state index in [9.17, 15) is 9.59 Å². The van der Waals surface area contributed by atoms with Crippen molar-refractivity contribution in [1.29, 1.82) is 0 Å². The van der Waals surface area contributed by atoms with Crippen LogP contribution in [-0.4, -0.2) is 41.0 Å². The van der Waals surface area contributed by atoms with Gasteiger partial charge in [-0.3, -0.25) is 14.2 Å². The van der Waals surface area contributed by atoms with Crippen LogP contribution in [0.3, 0.4) is 0 Å². The lowest BCUT2D eigenvalue weighted by Crippen LogP contribution is -2.38. The van der Waals surface area contributed by atoms with Gasteiger partial charge in [0.2, 0.25) is 5.91 Å². The van der Waals surface area contributed by atoms with Gasteiger partial charge in [0.1, 0.15) is 0 Å². The molecule has 1 unspecified atom stereocenters. The van der Waals surface area contributed by atoms with Crippen molar-refractivity contribution < 1.29 is 14.3 Å². The fourth-order valence-electron chi connectivity index (χ4n) is 4.80. The molecule has 1 aromatic heterocycles. The highest BCUT2D eigenvalue weighted by Gasteiger charge is 2.24. The van der Waals surface area contributed by atoms with Crippen molar-refractivity contribution in [2.45, 2.75) is 87.7 Å². The van der Waals surface area contributed by atoms with Gasteiger partial charge in [-0.1, -0.05) is 36.3 Å². The van der Waals surface area contributed by atoms with E-state index in [1.54, 1.807) is 30.9 Å². The molecule has 0 spiro atoms. The number of amides is 1. The summed E-state index contributed by atoms with van der Waals surface area (Å²) in [7, 11) is 3.12. The first-order chi connectivity index (χ1) is 16.5. The monoisotopic (exact) mass is 485 g/mol. The van der Waals surface area contributed by atoms with E-state index in [4.69, 9.17) is 14.5 Å². The number of hydrogen-bond donors (Lipinski definition) is 1. The first kappa shape index (κ1) is 24.6. The lowest BCUT2D eigenvalue weighted by atomic mass is 9.97. The van der Waals surface area contributed by atoms with Gasteiger partial charge in [0.05, 0.1) is 30.4 Å². The molecule has 1 atom stereocenters. The van der Waals surface area contributed by atoms with Crippen molar-refractivity contribution in [3.05, 3.63) is 34.1 Å². The molecule has 8 heteroatoms. The summed E-state index contributed by atoms with van der Waals surface area (Å²) in [5, 5.41) is 3.86. The molecule has 0 aliphatic heterocycles. The molecule has 1 heterocycles. The number of fused-ring (bicyclic) bond motifs is 1. The predicted molar refractivity (Wildman–Crippen MR) is 136 cm³/mol. The summed E-state index contributed by atoms with van der Waals surface area (Å²) in [4.78, 5) is 31.3. The molecule has 2 aromatic rings. The molecule has 1 N–H and O–H groups in total. The van der Waals surface area contributed by atoms with Crippen LogP contribution < -0.4 is 20.3 Å². The standard InChI is InChI=1S/C26H35N3O4S/c1-17(24(30)27-19-11-7-8-12-19)34-26-28-21-16-23(33-3)22(32-2)15-20(21)25(31)29(26)14-13-18-9-5-4-6-10-18/h9,15-17,19H,4-8,10-14H2,1-3H3,(H,27,30). The van der Waals surface area contributed by atoms with E-state index in [0.717, 1.165) is 32.1 Å². The minimum atomic E-state index is -0.356. The van der Waals surface area contributed by atoms with Gasteiger partial charge in [0, 0.05) is 18.7 Å². The second-order valence-corrected chi connectivity index (χ2v) is 10.5. The molecule has 0 saturated heterocycles. The maximum absolute atomic E-state index is 13.6. The number of nitrogens with zero attached hydrogens (tertiary/aromatic N) is 2. The summed E-state index contributed by atoms with van der Waals surface area (Å²) in [5.74, 6) is 1.02. The predicted octanol–water partition coefficient (Wildman–Crippen LogP) is 4.84. The molecule has 34 heavy (non-hydrogen) atoms. The number of thioether (sulfide) groups is 1. The SMILES string of the molecule is COc1cc2nc(SC(C)C(=O)NC3CCCC3)n(CCC3=CCCCC3)c(=O)c2cc1OC. The van der Waals surface area contributed by atoms with Gasteiger partial charge >= 0.3 is 0 Å². The van der Waals surface area contributed by atoms with Crippen LogP contribution >= 0.6 is 11.8 Å². The van der Waals surface area contributed by atoms with Gasteiger partial charge in [0.15, 0.2) is 16.7 Å². The summed E-state index contributed by atoms with van der Waals surface area (Å²) in [6.45, 7) is 2.43. The zero-order chi connectivity index (χ0) is 24.1. The summed E-state index contributed by atoms with van der Waals surface area (Å²) >= 11 is 1.35. The van der Waals surface area contributed by atoms with Gasteiger partial charge in [-0.25, -0.2) is 4.98 Å². The number of aromatic nitrogens is 2. The van der Waals surface area contributed by atoms with E-state index >= 15 is 0 Å². The Balaban J connectivity index is 1.66. The lowest BCUT2D eigenvalue weighted by molar-refractivity contribution is -0.120. The third-order valence-corrected chi connectivity index (χ3v) is 7.91. The molecule has 0 bridgehead atoms. The molecule has 1 fully saturated rings. The third-order valence-electron chi connectivity index (χ3n) is 6.82.